The summed E-state index contributed by atoms with van der Waals surface area (Å²) in [5.41, 5.74) is -0.186. The third-order valence-corrected chi connectivity index (χ3v) is 4.24. The minimum absolute atomic E-state index is 0.170. The van der Waals surface area contributed by atoms with Crippen molar-refractivity contribution in [1.29, 1.82) is 0 Å². The van der Waals surface area contributed by atoms with Gasteiger partial charge in [0.05, 0.1) is 4.47 Å². The van der Waals surface area contributed by atoms with Crippen molar-refractivity contribution in [2.75, 3.05) is 18.4 Å². The number of urea groups is 1. The normalized spacial score (nSPS) is 17.8. The van der Waals surface area contributed by atoms with Crippen LogP contribution in [-0.2, 0) is 4.74 Å². The minimum atomic E-state index is -0.568. The van der Waals surface area contributed by atoms with Crippen LogP contribution in [0.1, 0.15) is 33.6 Å². The number of amides is 3. The molecule has 2 rings (SSSR count). The summed E-state index contributed by atoms with van der Waals surface area (Å²) >= 11 is 3.07. The second-order valence-corrected chi connectivity index (χ2v) is 7.84. The van der Waals surface area contributed by atoms with E-state index in [-0.39, 0.29) is 12.1 Å². The van der Waals surface area contributed by atoms with Gasteiger partial charge < -0.3 is 20.3 Å². The Labute approximate surface area is 155 Å². The molecule has 1 aromatic carbocycles. The molecule has 0 aromatic heterocycles. The summed E-state index contributed by atoms with van der Waals surface area (Å²) in [7, 11) is 0. The highest BCUT2D eigenvalue weighted by Crippen LogP contribution is 2.20. The molecule has 8 heteroatoms. The van der Waals surface area contributed by atoms with E-state index in [1.54, 1.807) is 31.7 Å². The van der Waals surface area contributed by atoms with E-state index >= 15 is 0 Å². The fraction of sp³-hybridized carbons (Fsp3) is 0.529. The Balaban J connectivity index is 1.90. The number of ether oxygens (including phenoxy) is 1. The molecule has 6 nitrogen and oxygen atoms in total. The van der Waals surface area contributed by atoms with Gasteiger partial charge in [-0.25, -0.2) is 14.0 Å². The molecule has 1 heterocycles. The van der Waals surface area contributed by atoms with Gasteiger partial charge in [0.1, 0.15) is 11.4 Å². The van der Waals surface area contributed by atoms with E-state index in [9.17, 15) is 14.0 Å². The molecule has 138 valence electrons. The molecule has 0 bridgehead atoms. The Morgan fingerprint density at radius 1 is 1.36 bits per heavy atom. The number of halogens is 2. The van der Waals surface area contributed by atoms with Crippen LogP contribution in [0.5, 0.6) is 0 Å². The van der Waals surface area contributed by atoms with Crippen molar-refractivity contribution in [3.63, 3.8) is 0 Å². The van der Waals surface area contributed by atoms with E-state index in [4.69, 9.17) is 4.74 Å². The molecule has 25 heavy (non-hydrogen) atoms. The van der Waals surface area contributed by atoms with Gasteiger partial charge in [-0.2, -0.15) is 0 Å². The van der Waals surface area contributed by atoms with Crippen LogP contribution in [0.4, 0.5) is 19.7 Å². The van der Waals surface area contributed by atoms with Gasteiger partial charge in [-0.1, -0.05) is 0 Å². The number of carbonyl (C=O) groups excluding carboxylic acids is 2. The number of nitrogens with zero attached hydrogens (tertiary/aromatic N) is 1. The molecule has 0 saturated carbocycles. The van der Waals surface area contributed by atoms with E-state index in [0.717, 1.165) is 12.8 Å². The lowest BCUT2D eigenvalue weighted by molar-refractivity contribution is 0.0480. The van der Waals surface area contributed by atoms with Gasteiger partial charge in [-0.15, -0.1) is 0 Å². The minimum Gasteiger partial charge on any atom is -0.444 e. The summed E-state index contributed by atoms with van der Waals surface area (Å²) in [6.45, 7) is 6.35. The van der Waals surface area contributed by atoms with E-state index in [1.807, 2.05) is 0 Å². The average Bonchev–Trinajstić information content (AvgIpc) is 2.49. The smallest absolute Gasteiger partial charge is 0.407 e. The predicted molar refractivity (Wildman–Crippen MR) is 97.1 cm³/mol. The molecule has 1 fully saturated rings. The number of likely N-dealkylation sites (tertiary alicyclic amines) is 1. The summed E-state index contributed by atoms with van der Waals surface area (Å²) < 4.78 is 19.1. The Morgan fingerprint density at radius 3 is 2.72 bits per heavy atom. The molecule has 0 aliphatic carbocycles. The fourth-order valence-corrected chi connectivity index (χ4v) is 2.78. The monoisotopic (exact) mass is 415 g/mol. The maximum absolute atomic E-state index is 13.5. The first kappa shape index (κ1) is 19.5. The molecule has 3 amide bonds. The molecule has 2 N–H and O–H groups in total. The molecule has 1 aliphatic heterocycles. The van der Waals surface area contributed by atoms with Crippen LogP contribution < -0.4 is 10.6 Å². The highest BCUT2D eigenvalue weighted by molar-refractivity contribution is 9.10. The van der Waals surface area contributed by atoms with Crippen molar-refractivity contribution in [3.8, 4) is 0 Å². The number of alkyl carbamates (subject to hydrolysis) is 1. The molecule has 1 atom stereocenters. The summed E-state index contributed by atoms with van der Waals surface area (Å²) in [5, 5.41) is 5.47. The first-order valence-corrected chi connectivity index (χ1v) is 8.94. The maximum Gasteiger partial charge on any atom is 0.407 e. The average molecular weight is 416 g/mol. The van der Waals surface area contributed by atoms with Gasteiger partial charge >= 0.3 is 12.1 Å². The second kappa shape index (κ2) is 8.03. The molecule has 1 saturated heterocycles. The lowest BCUT2D eigenvalue weighted by atomic mass is 10.1. The summed E-state index contributed by atoms with van der Waals surface area (Å²) in [5.74, 6) is -0.444. The Hall–Kier alpha value is -1.83. The number of rotatable bonds is 2. The molecular weight excluding hydrogens is 393 g/mol. The van der Waals surface area contributed by atoms with E-state index in [1.165, 1.54) is 12.1 Å². The summed E-state index contributed by atoms with van der Waals surface area (Å²) in [6.07, 6.45) is 1.05. The zero-order valence-corrected chi connectivity index (χ0v) is 16.2. The van der Waals surface area contributed by atoms with Gasteiger partial charge in [0.25, 0.3) is 0 Å². The Bertz CT molecular complexity index is 649. The molecule has 1 aromatic rings. The van der Waals surface area contributed by atoms with Crippen LogP contribution in [0, 0.1) is 5.82 Å². The topological polar surface area (TPSA) is 70.7 Å². The quantitative estimate of drug-likeness (QED) is 0.763. The van der Waals surface area contributed by atoms with Crippen molar-refractivity contribution in [2.24, 2.45) is 0 Å². The van der Waals surface area contributed by atoms with Crippen LogP contribution in [-0.4, -0.2) is 41.8 Å². The zero-order valence-electron chi connectivity index (χ0n) is 14.6. The van der Waals surface area contributed by atoms with Crippen LogP contribution in [0.3, 0.4) is 0 Å². The second-order valence-electron chi connectivity index (χ2n) is 6.99. The first-order chi connectivity index (χ1) is 11.6. The van der Waals surface area contributed by atoms with Crippen LogP contribution in [0.15, 0.2) is 22.7 Å². The Kier molecular flexibility index (Phi) is 6.26. The molecule has 0 radical (unpaired) electrons. The lowest BCUT2D eigenvalue weighted by Crippen LogP contribution is -2.51. The van der Waals surface area contributed by atoms with E-state index in [2.05, 4.69) is 26.6 Å². The molecule has 0 unspecified atom stereocenters. The van der Waals surface area contributed by atoms with Crippen LogP contribution in [0.2, 0.25) is 0 Å². The first-order valence-electron chi connectivity index (χ1n) is 8.14. The van der Waals surface area contributed by atoms with Crippen LogP contribution in [0.25, 0.3) is 0 Å². The van der Waals surface area contributed by atoms with Gasteiger partial charge in [0, 0.05) is 24.8 Å². The summed E-state index contributed by atoms with van der Waals surface area (Å²) in [4.78, 5) is 25.8. The fourth-order valence-electron chi connectivity index (χ4n) is 2.53. The third kappa shape index (κ3) is 6.19. The van der Waals surface area contributed by atoms with Gasteiger partial charge in [-0.05, 0) is 67.7 Å². The van der Waals surface area contributed by atoms with Crippen molar-refractivity contribution in [2.45, 2.75) is 45.3 Å². The number of anilines is 1. The third-order valence-electron chi connectivity index (χ3n) is 3.60. The van der Waals surface area contributed by atoms with Crippen LogP contribution >= 0.6 is 15.9 Å². The van der Waals surface area contributed by atoms with Gasteiger partial charge in [0.2, 0.25) is 0 Å². The summed E-state index contributed by atoms with van der Waals surface area (Å²) in [6, 6.07) is 3.91. The number of carbonyl (C=O) groups is 2. The molecule has 0 spiro atoms. The van der Waals surface area contributed by atoms with Crippen molar-refractivity contribution in [3.05, 3.63) is 28.5 Å². The van der Waals surface area contributed by atoms with Gasteiger partial charge in [-0.3, -0.25) is 0 Å². The number of piperidine rings is 1. The highest BCUT2D eigenvalue weighted by Gasteiger charge is 2.26. The van der Waals surface area contributed by atoms with Gasteiger partial charge in [0.15, 0.2) is 0 Å². The van der Waals surface area contributed by atoms with Crippen molar-refractivity contribution >= 4 is 33.7 Å². The number of hydrogen-bond donors (Lipinski definition) is 2. The van der Waals surface area contributed by atoms with Crippen molar-refractivity contribution < 1.29 is 18.7 Å². The highest BCUT2D eigenvalue weighted by atomic mass is 79.9. The molecular formula is C17H23BrFN3O3. The maximum atomic E-state index is 13.5. The number of hydrogen-bond acceptors (Lipinski definition) is 3. The number of nitrogens with one attached hydrogen (secondary N) is 2. The Morgan fingerprint density at radius 2 is 2.08 bits per heavy atom. The standard InChI is InChI=1S/C17H23BrFN3O3/c1-17(2,3)25-16(24)21-12-5-4-8-22(10-12)15(23)20-11-6-7-13(18)14(19)9-11/h6-7,9,12H,4-5,8,10H2,1-3H3,(H,20,23)(H,21,24)/t12-/m0/s1. The lowest BCUT2D eigenvalue weighted by Gasteiger charge is -2.33. The largest absolute Gasteiger partial charge is 0.444 e. The zero-order chi connectivity index (χ0) is 18.6. The van der Waals surface area contributed by atoms with E-state index < -0.39 is 17.5 Å². The molecule has 1 aliphatic rings. The van der Waals surface area contributed by atoms with E-state index in [0.29, 0.717) is 23.2 Å². The predicted octanol–water partition coefficient (Wildman–Crippen LogP) is 4.11. The SMILES string of the molecule is CC(C)(C)OC(=O)N[C@H]1CCCN(C(=O)Nc2ccc(Br)c(F)c2)C1. The number of benzene rings is 1. The van der Waals surface area contributed by atoms with Crippen molar-refractivity contribution in [1.82, 2.24) is 10.2 Å².